The van der Waals surface area contributed by atoms with Gasteiger partial charge in [0.1, 0.15) is 0 Å². The lowest BCUT2D eigenvalue weighted by molar-refractivity contribution is 0.0973. The molecule has 0 saturated heterocycles. The van der Waals surface area contributed by atoms with E-state index in [0.717, 1.165) is 17.5 Å². The first-order valence-corrected chi connectivity index (χ1v) is 9.07. The Kier molecular flexibility index (Phi) is 7.52. The van der Waals surface area contributed by atoms with E-state index in [9.17, 15) is 4.79 Å². The van der Waals surface area contributed by atoms with E-state index in [1.54, 1.807) is 0 Å². The van der Waals surface area contributed by atoms with Crippen LogP contribution in [0.2, 0.25) is 0 Å². The molecule has 1 unspecified atom stereocenters. The van der Waals surface area contributed by atoms with Gasteiger partial charge in [0.25, 0.3) is 0 Å². The second kappa shape index (κ2) is 8.90. The predicted molar refractivity (Wildman–Crippen MR) is 95.0 cm³/mol. The highest BCUT2D eigenvalue weighted by Gasteiger charge is 2.30. The van der Waals surface area contributed by atoms with E-state index in [2.05, 4.69) is 28.7 Å². The molecule has 0 radical (unpaired) electrons. The van der Waals surface area contributed by atoms with E-state index in [1.165, 1.54) is 5.56 Å². The Bertz CT molecular complexity index is 534. The summed E-state index contributed by atoms with van der Waals surface area (Å²) in [5.74, 6) is 0.292. The Labute approximate surface area is 135 Å². The zero-order chi connectivity index (χ0) is 15.0. The molecule has 0 N–H and O–H groups in total. The van der Waals surface area contributed by atoms with Crippen molar-refractivity contribution < 1.29 is 4.79 Å². The Morgan fingerprint density at radius 2 is 1.45 bits per heavy atom. The molecule has 0 aromatic heterocycles. The van der Waals surface area contributed by atoms with Gasteiger partial charge in [-0.05, 0) is 22.5 Å². The molecule has 106 valence electrons. The van der Waals surface area contributed by atoms with Crippen LogP contribution in [0.4, 0.5) is 0 Å². The summed E-state index contributed by atoms with van der Waals surface area (Å²) in [5.41, 5.74) is 3.21. The number of carbonyl (C=O) groups is 1. The quantitative estimate of drug-likeness (QED) is 0.486. The predicted octanol–water partition coefficient (Wildman–Crippen LogP) is 5.29. The first kappa shape index (κ1) is 16.9. The second-order valence-electron chi connectivity index (χ2n) is 4.19. The topological polar surface area (TPSA) is 17.1 Å². The third kappa shape index (κ3) is 3.69. The van der Waals surface area contributed by atoms with Crippen LogP contribution in [0, 0.1) is 0 Å². The van der Waals surface area contributed by atoms with Gasteiger partial charge in [-0.3, -0.25) is 4.79 Å². The van der Waals surface area contributed by atoms with E-state index in [0.29, 0.717) is 0 Å². The normalized spacial score (nSPS) is 15.4. The molecule has 1 atom stereocenters. The van der Waals surface area contributed by atoms with Gasteiger partial charge in [0.2, 0.25) is 0 Å². The first-order chi connectivity index (χ1) is 9.86. The van der Waals surface area contributed by atoms with E-state index < -0.39 is 0 Å². The molecule has 1 aliphatic carbocycles. The van der Waals surface area contributed by atoms with E-state index >= 15 is 0 Å². The van der Waals surface area contributed by atoms with Crippen molar-refractivity contribution in [2.75, 3.05) is 4.93 Å². The van der Waals surface area contributed by atoms with Crippen molar-refractivity contribution in [3.8, 4) is 0 Å². The van der Waals surface area contributed by atoms with Crippen molar-refractivity contribution in [1.82, 2.24) is 0 Å². The molecule has 1 nitrogen and oxygen atoms in total. The third-order valence-electron chi connectivity index (χ3n) is 3.23. The number of benzene rings is 2. The SMILES string of the molecule is CC.CI.O=C1c2ccccc2CC1c1ccccc1. The Balaban J connectivity index is 0.000000461. The lowest BCUT2D eigenvalue weighted by atomic mass is 9.95. The summed E-state index contributed by atoms with van der Waals surface area (Å²) < 4.78 is 0. The zero-order valence-corrected chi connectivity index (χ0v) is 14.4. The van der Waals surface area contributed by atoms with Gasteiger partial charge in [-0.15, -0.1) is 0 Å². The fraction of sp³-hybridized carbons (Fsp3) is 0.278. The average Bonchev–Trinajstić information content (AvgIpc) is 2.90. The third-order valence-corrected chi connectivity index (χ3v) is 3.23. The van der Waals surface area contributed by atoms with Gasteiger partial charge in [-0.2, -0.15) is 0 Å². The summed E-state index contributed by atoms with van der Waals surface area (Å²) >= 11 is 2.15. The Hall–Kier alpha value is -1.16. The molecule has 0 spiro atoms. The van der Waals surface area contributed by atoms with E-state index in [-0.39, 0.29) is 11.7 Å². The maximum Gasteiger partial charge on any atom is 0.170 e. The smallest absolute Gasteiger partial charge is 0.170 e. The standard InChI is InChI=1S/C15H12O.C2H6.CH3I/c16-15-13-9-5-4-8-12(13)10-14(15)11-6-2-1-3-7-11;2*1-2/h1-9,14H,10H2;1-2H3;1H3. The van der Waals surface area contributed by atoms with Gasteiger partial charge in [0.15, 0.2) is 5.78 Å². The average molecular weight is 380 g/mol. The van der Waals surface area contributed by atoms with E-state index in [1.807, 2.05) is 67.3 Å². The molecule has 1 aliphatic rings. The lowest BCUT2D eigenvalue weighted by Gasteiger charge is -2.07. The summed E-state index contributed by atoms with van der Waals surface area (Å²) in [5, 5.41) is 0. The van der Waals surface area contributed by atoms with Crippen molar-refractivity contribution >= 4 is 28.4 Å². The Morgan fingerprint density at radius 3 is 2.05 bits per heavy atom. The minimum Gasteiger partial charge on any atom is -0.293 e. The maximum atomic E-state index is 12.2. The first-order valence-electron chi connectivity index (χ1n) is 6.91. The fourth-order valence-electron chi connectivity index (χ4n) is 2.39. The summed E-state index contributed by atoms with van der Waals surface area (Å²) in [6.45, 7) is 4.00. The highest BCUT2D eigenvalue weighted by molar-refractivity contribution is 14.1. The minimum atomic E-state index is 0.0265. The van der Waals surface area contributed by atoms with Crippen LogP contribution in [0.15, 0.2) is 54.6 Å². The van der Waals surface area contributed by atoms with Gasteiger partial charge in [-0.1, -0.05) is 91.0 Å². The van der Waals surface area contributed by atoms with Crippen LogP contribution in [-0.2, 0) is 6.42 Å². The van der Waals surface area contributed by atoms with Gasteiger partial charge in [-0.25, -0.2) is 0 Å². The maximum absolute atomic E-state index is 12.2. The number of halogens is 1. The van der Waals surface area contributed by atoms with Crippen molar-refractivity contribution in [1.29, 1.82) is 0 Å². The molecular weight excluding hydrogens is 359 g/mol. The van der Waals surface area contributed by atoms with Gasteiger partial charge >= 0.3 is 0 Å². The van der Waals surface area contributed by atoms with Crippen LogP contribution >= 0.6 is 22.6 Å². The molecule has 2 aromatic rings. The number of ketones is 1. The summed E-state index contributed by atoms with van der Waals surface area (Å²) in [6, 6.07) is 18.0. The highest BCUT2D eigenvalue weighted by Crippen LogP contribution is 2.33. The van der Waals surface area contributed by atoms with Crippen LogP contribution in [0.5, 0.6) is 0 Å². The summed E-state index contributed by atoms with van der Waals surface area (Å²) in [6.07, 6.45) is 0.846. The largest absolute Gasteiger partial charge is 0.293 e. The molecule has 0 bridgehead atoms. The summed E-state index contributed by atoms with van der Waals surface area (Å²) in [7, 11) is 0. The number of hydrogen-bond acceptors (Lipinski definition) is 1. The van der Waals surface area contributed by atoms with Crippen LogP contribution in [0.1, 0.15) is 41.3 Å². The van der Waals surface area contributed by atoms with Crippen molar-refractivity contribution in [2.45, 2.75) is 26.2 Å². The lowest BCUT2D eigenvalue weighted by Crippen LogP contribution is -2.06. The van der Waals surface area contributed by atoms with Crippen LogP contribution < -0.4 is 0 Å². The van der Waals surface area contributed by atoms with Gasteiger partial charge < -0.3 is 0 Å². The molecule has 3 rings (SSSR count). The molecule has 2 heteroatoms. The number of alkyl halides is 1. The number of Topliss-reactive ketones (excluding diaryl/α,β-unsaturated/α-hetero) is 1. The van der Waals surface area contributed by atoms with Crippen molar-refractivity contribution in [3.63, 3.8) is 0 Å². The molecule has 0 heterocycles. The number of hydrogen-bond donors (Lipinski definition) is 0. The molecule has 20 heavy (non-hydrogen) atoms. The van der Waals surface area contributed by atoms with Gasteiger partial charge in [0, 0.05) is 5.56 Å². The molecular formula is C18H21IO. The molecule has 0 fully saturated rings. The van der Waals surface area contributed by atoms with Crippen LogP contribution in [-0.4, -0.2) is 10.7 Å². The number of fused-ring (bicyclic) bond motifs is 1. The summed E-state index contributed by atoms with van der Waals surface area (Å²) in [4.78, 5) is 14.2. The zero-order valence-electron chi connectivity index (χ0n) is 12.3. The monoisotopic (exact) mass is 380 g/mol. The molecule has 2 aromatic carbocycles. The molecule has 0 saturated carbocycles. The van der Waals surface area contributed by atoms with Crippen LogP contribution in [0.25, 0.3) is 0 Å². The molecule has 0 amide bonds. The molecule has 0 aliphatic heterocycles. The van der Waals surface area contributed by atoms with Gasteiger partial charge in [0.05, 0.1) is 5.92 Å². The fourth-order valence-corrected chi connectivity index (χ4v) is 2.39. The van der Waals surface area contributed by atoms with Crippen LogP contribution in [0.3, 0.4) is 0 Å². The number of carbonyl (C=O) groups excluding carboxylic acids is 1. The second-order valence-corrected chi connectivity index (χ2v) is 4.19. The minimum absolute atomic E-state index is 0.0265. The van der Waals surface area contributed by atoms with Crippen molar-refractivity contribution in [2.24, 2.45) is 0 Å². The van der Waals surface area contributed by atoms with Crippen molar-refractivity contribution in [3.05, 3.63) is 71.3 Å². The number of rotatable bonds is 1. The Morgan fingerprint density at radius 1 is 0.900 bits per heavy atom. The van der Waals surface area contributed by atoms with E-state index in [4.69, 9.17) is 0 Å². The highest BCUT2D eigenvalue weighted by atomic mass is 127.